The van der Waals surface area contributed by atoms with E-state index in [1.165, 1.54) is 30.7 Å². The van der Waals surface area contributed by atoms with Crippen molar-refractivity contribution in [1.29, 1.82) is 0 Å². The van der Waals surface area contributed by atoms with Gasteiger partial charge in [0.05, 0.1) is 17.5 Å². The van der Waals surface area contributed by atoms with Gasteiger partial charge in [0.1, 0.15) is 11.3 Å². The van der Waals surface area contributed by atoms with E-state index in [2.05, 4.69) is 20.5 Å². The predicted octanol–water partition coefficient (Wildman–Crippen LogP) is 1.39. The number of carbonyl (C=O) groups excluding carboxylic acids is 1. The fourth-order valence-electron chi connectivity index (χ4n) is 1.54. The maximum atomic E-state index is 11.8. The van der Waals surface area contributed by atoms with Gasteiger partial charge in [-0.2, -0.15) is 5.10 Å². The van der Waals surface area contributed by atoms with Crippen LogP contribution in [0.25, 0.3) is 0 Å². The Morgan fingerprint density at radius 3 is 2.90 bits per heavy atom. The molecule has 0 bridgehead atoms. The zero-order valence-corrected chi connectivity index (χ0v) is 10.5. The summed E-state index contributed by atoms with van der Waals surface area (Å²) in [6, 6.07) is 5.66. The quantitative estimate of drug-likeness (QED) is 0.497. The standard InChI is InChI=1S/C12H11N5O3/c1-8-10(14-7-13-8)6-15-16-12(18)9-4-2-3-5-11(9)17(19)20/h2-7H,1H3,(H,13,14)(H,16,18)/b15-6+. The summed E-state index contributed by atoms with van der Waals surface area (Å²) in [6.07, 6.45) is 2.86. The molecule has 0 atom stereocenters. The minimum Gasteiger partial charge on any atom is -0.348 e. The predicted molar refractivity (Wildman–Crippen MR) is 71.5 cm³/mol. The van der Waals surface area contributed by atoms with Gasteiger partial charge < -0.3 is 4.98 Å². The molecule has 20 heavy (non-hydrogen) atoms. The summed E-state index contributed by atoms with van der Waals surface area (Å²) in [5.41, 5.74) is 3.29. The third-order valence-corrected chi connectivity index (χ3v) is 2.57. The van der Waals surface area contributed by atoms with Gasteiger partial charge >= 0.3 is 0 Å². The summed E-state index contributed by atoms with van der Waals surface area (Å²) < 4.78 is 0. The lowest BCUT2D eigenvalue weighted by Gasteiger charge is -2.00. The number of carbonyl (C=O) groups is 1. The van der Waals surface area contributed by atoms with Crippen LogP contribution in [0.3, 0.4) is 0 Å². The summed E-state index contributed by atoms with van der Waals surface area (Å²) in [4.78, 5) is 28.8. The Labute approximate surface area is 113 Å². The Kier molecular flexibility index (Phi) is 3.85. The lowest BCUT2D eigenvalue weighted by atomic mass is 10.2. The summed E-state index contributed by atoms with van der Waals surface area (Å²) >= 11 is 0. The number of rotatable bonds is 4. The van der Waals surface area contributed by atoms with Gasteiger partial charge in [0, 0.05) is 11.8 Å². The van der Waals surface area contributed by atoms with Gasteiger partial charge in [0.25, 0.3) is 11.6 Å². The van der Waals surface area contributed by atoms with E-state index >= 15 is 0 Å². The van der Waals surface area contributed by atoms with Crippen molar-refractivity contribution in [3.63, 3.8) is 0 Å². The smallest absolute Gasteiger partial charge is 0.282 e. The first-order valence-electron chi connectivity index (χ1n) is 5.66. The number of para-hydroxylation sites is 1. The molecule has 1 aromatic heterocycles. The molecule has 8 heteroatoms. The van der Waals surface area contributed by atoms with E-state index in [4.69, 9.17) is 0 Å². The molecule has 2 N–H and O–H groups in total. The van der Waals surface area contributed by atoms with E-state index in [-0.39, 0.29) is 11.3 Å². The molecule has 0 spiro atoms. The highest BCUT2D eigenvalue weighted by Crippen LogP contribution is 2.17. The monoisotopic (exact) mass is 273 g/mol. The van der Waals surface area contributed by atoms with E-state index in [9.17, 15) is 14.9 Å². The molecule has 2 aromatic rings. The molecule has 0 aliphatic heterocycles. The minimum atomic E-state index is -0.651. The second-order valence-electron chi connectivity index (χ2n) is 3.89. The molecule has 1 heterocycles. The van der Waals surface area contributed by atoms with Crippen molar-refractivity contribution in [2.45, 2.75) is 6.92 Å². The fourth-order valence-corrected chi connectivity index (χ4v) is 1.54. The lowest BCUT2D eigenvalue weighted by Crippen LogP contribution is -2.19. The first kappa shape index (κ1) is 13.4. The third-order valence-electron chi connectivity index (χ3n) is 2.57. The van der Waals surface area contributed by atoms with Gasteiger partial charge in [-0.3, -0.25) is 14.9 Å². The normalized spacial score (nSPS) is 10.7. The molecular weight excluding hydrogens is 262 g/mol. The molecule has 0 fully saturated rings. The number of H-pyrrole nitrogens is 1. The number of aromatic nitrogens is 2. The average molecular weight is 273 g/mol. The Hall–Kier alpha value is -3.03. The lowest BCUT2D eigenvalue weighted by molar-refractivity contribution is -0.385. The van der Waals surface area contributed by atoms with Crippen LogP contribution in [0.5, 0.6) is 0 Å². The Balaban J connectivity index is 2.12. The van der Waals surface area contributed by atoms with E-state index in [1.54, 1.807) is 13.0 Å². The second-order valence-corrected chi connectivity index (χ2v) is 3.89. The van der Waals surface area contributed by atoms with Crippen LogP contribution < -0.4 is 5.43 Å². The molecule has 2 rings (SSSR count). The molecule has 102 valence electrons. The highest BCUT2D eigenvalue weighted by molar-refractivity contribution is 5.98. The number of benzene rings is 1. The van der Waals surface area contributed by atoms with Crippen LogP contribution in [0.1, 0.15) is 21.7 Å². The summed E-state index contributed by atoms with van der Waals surface area (Å²) in [7, 11) is 0. The van der Waals surface area contributed by atoms with Gasteiger partial charge in [-0.25, -0.2) is 10.4 Å². The summed E-state index contributed by atoms with van der Waals surface area (Å²) in [5, 5.41) is 14.5. The molecule has 0 saturated heterocycles. The van der Waals surface area contributed by atoms with Crippen LogP contribution in [-0.2, 0) is 0 Å². The van der Waals surface area contributed by atoms with Crippen molar-refractivity contribution in [3.05, 3.63) is 57.7 Å². The Morgan fingerprint density at radius 1 is 1.50 bits per heavy atom. The van der Waals surface area contributed by atoms with E-state index in [0.717, 1.165) is 5.69 Å². The Bertz CT molecular complexity index is 677. The van der Waals surface area contributed by atoms with E-state index < -0.39 is 10.8 Å². The highest BCUT2D eigenvalue weighted by Gasteiger charge is 2.18. The summed E-state index contributed by atoms with van der Waals surface area (Å²) in [5.74, 6) is -0.651. The number of aryl methyl sites for hydroxylation is 1. The van der Waals surface area contributed by atoms with Crippen molar-refractivity contribution < 1.29 is 9.72 Å². The zero-order valence-electron chi connectivity index (χ0n) is 10.5. The number of aromatic amines is 1. The van der Waals surface area contributed by atoms with Crippen LogP contribution in [0.4, 0.5) is 5.69 Å². The maximum Gasteiger partial charge on any atom is 0.282 e. The van der Waals surface area contributed by atoms with Crippen LogP contribution in [0.15, 0.2) is 35.7 Å². The third kappa shape index (κ3) is 2.86. The van der Waals surface area contributed by atoms with Crippen molar-refractivity contribution in [2.24, 2.45) is 5.10 Å². The van der Waals surface area contributed by atoms with Crippen LogP contribution in [-0.4, -0.2) is 27.0 Å². The number of amides is 1. The zero-order chi connectivity index (χ0) is 14.5. The van der Waals surface area contributed by atoms with E-state index in [1.807, 2.05) is 0 Å². The van der Waals surface area contributed by atoms with Gasteiger partial charge in [-0.1, -0.05) is 12.1 Å². The number of hydrogen-bond acceptors (Lipinski definition) is 5. The molecule has 0 aliphatic carbocycles. The highest BCUT2D eigenvalue weighted by atomic mass is 16.6. The van der Waals surface area contributed by atoms with Crippen molar-refractivity contribution >= 4 is 17.8 Å². The van der Waals surface area contributed by atoms with Crippen LogP contribution in [0, 0.1) is 17.0 Å². The largest absolute Gasteiger partial charge is 0.348 e. The number of hydrazone groups is 1. The first-order chi connectivity index (χ1) is 9.59. The number of nitrogens with one attached hydrogen (secondary N) is 2. The maximum absolute atomic E-state index is 11.8. The molecule has 0 aliphatic rings. The molecule has 1 aromatic carbocycles. The first-order valence-corrected chi connectivity index (χ1v) is 5.66. The van der Waals surface area contributed by atoms with Crippen molar-refractivity contribution in [3.8, 4) is 0 Å². The number of hydrogen-bond donors (Lipinski definition) is 2. The van der Waals surface area contributed by atoms with Crippen LogP contribution in [0.2, 0.25) is 0 Å². The Morgan fingerprint density at radius 2 is 2.25 bits per heavy atom. The molecule has 0 radical (unpaired) electrons. The second kappa shape index (κ2) is 5.74. The molecule has 0 unspecified atom stereocenters. The fraction of sp³-hybridized carbons (Fsp3) is 0.0833. The van der Waals surface area contributed by atoms with Crippen LogP contribution >= 0.6 is 0 Å². The summed E-state index contributed by atoms with van der Waals surface area (Å²) in [6.45, 7) is 1.80. The average Bonchev–Trinajstić information content (AvgIpc) is 2.84. The number of nitro groups is 1. The number of nitro benzene ring substituents is 1. The van der Waals surface area contributed by atoms with Gasteiger partial charge in [-0.05, 0) is 13.0 Å². The molecule has 8 nitrogen and oxygen atoms in total. The van der Waals surface area contributed by atoms with E-state index in [0.29, 0.717) is 5.69 Å². The van der Waals surface area contributed by atoms with Crippen molar-refractivity contribution in [2.75, 3.05) is 0 Å². The molecule has 1 amide bonds. The molecular formula is C12H11N5O3. The molecule has 0 saturated carbocycles. The number of imidazole rings is 1. The van der Waals surface area contributed by atoms with Crippen molar-refractivity contribution in [1.82, 2.24) is 15.4 Å². The van der Waals surface area contributed by atoms with Gasteiger partial charge in [0.15, 0.2) is 0 Å². The SMILES string of the molecule is Cc1[nH]cnc1/C=N/NC(=O)c1ccccc1[N+](=O)[O-]. The number of nitrogens with zero attached hydrogens (tertiary/aromatic N) is 3. The topological polar surface area (TPSA) is 113 Å². The van der Waals surface area contributed by atoms with Gasteiger partial charge in [0.2, 0.25) is 0 Å². The van der Waals surface area contributed by atoms with Gasteiger partial charge in [-0.15, -0.1) is 0 Å². The minimum absolute atomic E-state index is 0.0478.